The molecule has 11 unspecified atom stereocenters. The molecular weight excluding hydrogens is 540 g/mol. The van der Waals surface area contributed by atoms with Crippen molar-refractivity contribution in [3.05, 3.63) is 12.2 Å². The van der Waals surface area contributed by atoms with E-state index in [2.05, 4.69) is 6.58 Å². The van der Waals surface area contributed by atoms with Gasteiger partial charge in [-0.05, 0) is 18.9 Å². The molecule has 4 aliphatic rings. The van der Waals surface area contributed by atoms with E-state index >= 15 is 0 Å². The molecule has 0 spiro atoms. The van der Waals surface area contributed by atoms with Gasteiger partial charge in [0.2, 0.25) is 0 Å². The Balaban J connectivity index is 2.12. The van der Waals surface area contributed by atoms with Crippen molar-refractivity contribution in [2.75, 3.05) is 13.2 Å². The summed E-state index contributed by atoms with van der Waals surface area (Å²) >= 11 is 0. The summed E-state index contributed by atoms with van der Waals surface area (Å²) in [6.45, 7) is 13.2. The molecule has 0 aromatic heterocycles. The maximum absolute atomic E-state index is 13.8. The van der Waals surface area contributed by atoms with Gasteiger partial charge in [-0.25, -0.2) is 0 Å². The average molecular weight is 581 g/mol. The lowest BCUT2D eigenvalue weighted by Crippen LogP contribution is -2.79. The fourth-order valence-electron chi connectivity index (χ4n) is 8.22. The Morgan fingerprint density at radius 3 is 2.05 bits per heavy atom. The molecule has 2 N–H and O–H groups in total. The summed E-state index contributed by atoms with van der Waals surface area (Å²) in [4.78, 5) is 63.7. The van der Waals surface area contributed by atoms with E-state index in [9.17, 15) is 34.2 Å². The summed E-state index contributed by atoms with van der Waals surface area (Å²) < 4.78 is 29.2. The summed E-state index contributed by atoms with van der Waals surface area (Å²) in [5.74, 6) is -6.06. The van der Waals surface area contributed by atoms with Crippen LogP contribution in [0.1, 0.15) is 61.3 Å². The van der Waals surface area contributed by atoms with Crippen LogP contribution in [0, 0.1) is 28.6 Å². The number of hydrogen-bond donors (Lipinski definition) is 2. The van der Waals surface area contributed by atoms with Gasteiger partial charge in [0.25, 0.3) is 0 Å². The van der Waals surface area contributed by atoms with Gasteiger partial charge in [0, 0.05) is 62.7 Å². The Hall–Kier alpha value is -2.83. The SMILES string of the molecule is C=C1C(O)CC(COC(C)=O)C2(C)C(OC(C)=O)C(OC(C)=O)C3(O)C4(C)OCC3(C)C(CC4=O)C(OC(C)=O)C12. The van der Waals surface area contributed by atoms with Crippen LogP contribution in [0.2, 0.25) is 0 Å². The molecule has 3 aliphatic carbocycles. The fraction of sp³-hybridized carbons (Fsp3) is 0.759. The van der Waals surface area contributed by atoms with E-state index in [-0.39, 0.29) is 31.6 Å². The highest BCUT2D eigenvalue weighted by molar-refractivity contribution is 5.91. The van der Waals surface area contributed by atoms with Crippen molar-refractivity contribution in [1.29, 1.82) is 0 Å². The first-order valence-electron chi connectivity index (χ1n) is 13.8. The van der Waals surface area contributed by atoms with Crippen LogP contribution < -0.4 is 0 Å². The summed E-state index contributed by atoms with van der Waals surface area (Å²) in [5.41, 5.74) is -6.69. The highest BCUT2D eigenvalue weighted by atomic mass is 16.6. The Labute approximate surface area is 238 Å². The van der Waals surface area contributed by atoms with Crippen molar-refractivity contribution in [1.82, 2.24) is 0 Å². The first-order valence-corrected chi connectivity index (χ1v) is 13.8. The van der Waals surface area contributed by atoms with Crippen LogP contribution in [-0.4, -0.2) is 88.7 Å². The summed E-state index contributed by atoms with van der Waals surface area (Å²) in [5, 5.41) is 24.1. The Morgan fingerprint density at radius 2 is 1.51 bits per heavy atom. The highest BCUT2D eigenvalue weighted by Gasteiger charge is 2.82. The number of fused-ring (bicyclic) bond motifs is 1. The largest absolute Gasteiger partial charge is 0.466 e. The van der Waals surface area contributed by atoms with Crippen molar-refractivity contribution in [2.45, 2.75) is 96.9 Å². The predicted molar refractivity (Wildman–Crippen MR) is 139 cm³/mol. The van der Waals surface area contributed by atoms with Crippen molar-refractivity contribution in [2.24, 2.45) is 28.6 Å². The third-order valence-corrected chi connectivity index (χ3v) is 10.3. The molecule has 11 atom stereocenters. The Morgan fingerprint density at radius 1 is 0.951 bits per heavy atom. The Bertz CT molecular complexity index is 1180. The van der Waals surface area contributed by atoms with E-state index in [1.165, 1.54) is 20.8 Å². The van der Waals surface area contributed by atoms with E-state index in [0.29, 0.717) is 0 Å². The van der Waals surface area contributed by atoms with Gasteiger partial charge in [0.15, 0.2) is 17.5 Å². The standard InChI is InChI=1S/C29H40O12/c1-13-20(34)9-18(11-37-14(2)30)27(7)22(13)23(39-15(3)31)19-10-21(35)28(8)29(36,26(19,6)12-38-28)25(41-17(5)33)24(27)40-16(4)32/h18-20,22-25,34,36H,1,9-12H2,2-8H3. The van der Waals surface area contributed by atoms with Gasteiger partial charge >= 0.3 is 23.9 Å². The van der Waals surface area contributed by atoms with Crippen LogP contribution in [0.15, 0.2) is 12.2 Å². The zero-order chi connectivity index (χ0) is 30.9. The van der Waals surface area contributed by atoms with Crippen LogP contribution in [-0.2, 0) is 47.7 Å². The normalized spacial score (nSPS) is 45.0. The van der Waals surface area contributed by atoms with Gasteiger partial charge < -0.3 is 33.9 Å². The first kappa shape index (κ1) is 31.1. The van der Waals surface area contributed by atoms with Gasteiger partial charge in [0.1, 0.15) is 17.8 Å². The van der Waals surface area contributed by atoms with Crippen LogP contribution in [0.5, 0.6) is 0 Å². The maximum atomic E-state index is 13.8. The van der Waals surface area contributed by atoms with Gasteiger partial charge in [-0.1, -0.05) is 20.4 Å². The molecule has 12 heteroatoms. The molecule has 1 saturated heterocycles. The molecule has 41 heavy (non-hydrogen) atoms. The van der Waals surface area contributed by atoms with Crippen molar-refractivity contribution < 1.29 is 57.9 Å². The minimum Gasteiger partial charge on any atom is -0.466 e. The predicted octanol–water partition coefficient (Wildman–Crippen LogP) is 1.03. The lowest BCUT2D eigenvalue weighted by Gasteiger charge is -2.65. The van der Waals surface area contributed by atoms with E-state index in [4.69, 9.17) is 23.7 Å². The van der Waals surface area contributed by atoms with Crippen LogP contribution >= 0.6 is 0 Å². The summed E-state index contributed by atoms with van der Waals surface area (Å²) in [6.07, 6.45) is -5.61. The van der Waals surface area contributed by atoms with E-state index < -0.39 is 93.9 Å². The lowest BCUT2D eigenvalue weighted by molar-refractivity contribution is -0.291. The van der Waals surface area contributed by atoms with E-state index in [1.807, 2.05) is 0 Å². The fourth-order valence-corrected chi connectivity index (χ4v) is 8.22. The van der Waals surface area contributed by atoms with E-state index in [0.717, 1.165) is 13.8 Å². The van der Waals surface area contributed by atoms with E-state index in [1.54, 1.807) is 13.8 Å². The number of aliphatic hydroxyl groups is 2. The van der Waals surface area contributed by atoms with Gasteiger partial charge in [0.05, 0.1) is 19.3 Å². The number of aliphatic hydroxyl groups excluding tert-OH is 1. The topological polar surface area (TPSA) is 172 Å². The van der Waals surface area contributed by atoms with Crippen LogP contribution in [0.4, 0.5) is 0 Å². The molecule has 4 bridgehead atoms. The number of esters is 4. The van der Waals surface area contributed by atoms with Crippen LogP contribution in [0.25, 0.3) is 0 Å². The molecule has 4 rings (SSSR count). The second-order valence-corrected chi connectivity index (χ2v) is 12.5. The Kier molecular flexibility index (Phi) is 7.71. The molecule has 0 aromatic rings. The van der Waals surface area contributed by atoms with Gasteiger partial charge in [-0.15, -0.1) is 0 Å². The molecule has 1 heterocycles. The molecule has 0 amide bonds. The van der Waals surface area contributed by atoms with Crippen LogP contribution in [0.3, 0.4) is 0 Å². The van der Waals surface area contributed by atoms with Crippen molar-refractivity contribution >= 4 is 29.7 Å². The molecular formula is C29H40O12. The number of carbonyl (C=O) groups is 5. The lowest BCUT2D eigenvalue weighted by atomic mass is 9.43. The molecule has 0 radical (unpaired) electrons. The zero-order valence-corrected chi connectivity index (χ0v) is 24.6. The number of ketones is 1. The molecule has 3 saturated carbocycles. The quantitative estimate of drug-likeness (QED) is 0.269. The van der Waals surface area contributed by atoms with Crippen molar-refractivity contribution in [3.8, 4) is 0 Å². The number of rotatable bonds is 5. The second kappa shape index (κ2) is 10.2. The maximum Gasteiger partial charge on any atom is 0.303 e. The number of carbonyl (C=O) groups excluding carboxylic acids is 5. The van der Waals surface area contributed by atoms with Gasteiger partial charge in [-0.3, -0.25) is 24.0 Å². The first-order chi connectivity index (χ1) is 18.9. The minimum atomic E-state index is -2.26. The molecule has 0 aromatic carbocycles. The second-order valence-electron chi connectivity index (χ2n) is 12.5. The molecule has 4 fully saturated rings. The minimum absolute atomic E-state index is 0.00349. The number of Topliss-reactive ketones (excluding diaryl/α,β-unsaturated/α-hetero) is 1. The molecule has 12 nitrogen and oxygen atoms in total. The monoisotopic (exact) mass is 580 g/mol. The number of hydrogen-bond acceptors (Lipinski definition) is 12. The average Bonchev–Trinajstić information content (AvgIpc) is 2.99. The smallest absolute Gasteiger partial charge is 0.303 e. The summed E-state index contributed by atoms with van der Waals surface area (Å²) in [7, 11) is 0. The number of ether oxygens (including phenoxy) is 5. The third-order valence-electron chi connectivity index (χ3n) is 10.3. The zero-order valence-electron chi connectivity index (χ0n) is 24.6. The van der Waals surface area contributed by atoms with Crippen molar-refractivity contribution in [3.63, 3.8) is 0 Å². The third kappa shape index (κ3) is 4.32. The molecule has 1 aliphatic heterocycles. The summed E-state index contributed by atoms with van der Waals surface area (Å²) in [6, 6.07) is 0. The molecule has 228 valence electrons. The highest BCUT2D eigenvalue weighted by Crippen LogP contribution is 2.67. The van der Waals surface area contributed by atoms with Gasteiger partial charge in [-0.2, -0.15) is 0 Å².